The van der Waals surface area contributed by atoms with Gasteiger partial charge in [-0.05, 0) is 38.0 Å². The summed E-state index contributed by atoms with van der Waals surface area (Å²) in [7, 11) is 0. The second-order valence-electron chi connectivity index (χ2n) is 6.79. The molecule has 4 heterocycles. The number of amidine groups is 1. The minimum Gasteiger partial charge on any atom is -0.378 e. The minimum atomic E-state index is -0.335. The van der Waals surface area contributed by atoms with E-state index in [4.69, 9.17) is 15.5 Å². The number of aliphatic imine (C=N–C) groups is 1. The molecule has 1 fully saturated rings. The summed E-state index contributed by atoms with van der Waals surface area (Å²) < 4.78 is 7.58. The largest absolute Gasteiger partial charge is 0.378 e. The van der Waals surface area contributed by atoms with E-state index in [1.807, 2.05) is 25.4 Å². The van der Waals surface area contributed by atoms with Crippen LogP contribution < -0.4 is 5.73 Å². The van der Waals surface area contributed by atoms with Gasteiger partial charge in [-0.3, -0.25) is 9.98 Å². The maximum Gasteiger partial charge on any atom is 0.155 e. The van der Waals surface area contributed by atoms with Gasteiger partial charge in [0.2, 0.25) is 0 Å². The normalized spacial score (nSPS) is 24.2. The number of ether oxygens (including phenoxy) is 1. The van der Waals surface area contributed by atoms with Crippen molar-refractivity contribution in [2.45, 2.75) is 30.6 Å². The monoisotopic (exact) mass is 352 g/mol. The fourth-order valence-corrected chi connectivity index (χ4v) is 4.83. The molecule has 4 rings (SSSR count). The van der Waals surface area contributed by atoms with Crippen molar-refractivity contribution in [2.75, 3.05) is 13.2 Å². The molecule has 5 nitrogen and oxygen atoms in total. The van der Waals surface area contributed by atoms with Gasteiger partial charge in [-0.25, -0.2) is 0 Å². The standard InChI is InChI=1S/C19H20N4OS/c1-3-4-14-7-16(9-21-8-14)23-6-5-15(10-23)18(2)11-19(12-24-13-19)25-17(20)22-18/h5-10H,11-13H2,1-2H3,(H2,20,22). The Morgan fingerprint density at radius 2 is 2.20 bits per heavy atom. The third-order valence-electron chi connectivity index (χ3n) is 4.68. The van der Waals surface area contributed by atoms with Gasteiger partial charge in [0.05, 0.1) is 35.4 Å². The first-order valence-corrected chi connectivity index (χ1v) is 9.02. The van der Waals surface area contributed by atoms with E-state index in [2.05, 4.69) is 40.6 Å². The Morgan fingerprint density at radius 1 is 1.36 bits per heavy atom. The first-order valence-electron chi connectivity index (χ1n) is 8.21. The Morgan fingerprint density at radius 3 is 2.92 bits per heavy atom. The van der Waals surface area contributed by atoms with Crippen molar-refractivity contribution < 1.29 is 4.74 Å². The summed E-state index contributed by atoms with van der Waals surface area (Å²) in [5, 5.41) is 0.645. The molecule has 2 aromatic heterocycles. The Bertz CT molecular complexity index is 903. The highest BCUT2D eigenvalue weighted by Crippen LogP contribution is 2.48. The number of hydrogen-bond acceptors (Lipinski definition) is 5. The maximum atomic E-state index is 6.13. The summed E-state index contributed by atoms with van der Waals surface area (Å²) in [6.07, 6.45) is 8.69. The van der Waals surface area contributed by atoms with Crippen LogP contribution >= 0.6 is 11.8 Å². The number of nitrogens with zero attached hydrogens (tertiary/aromatic N) is 3. The van der Waals surface area contributed by atoms with E-state index in [-0.39, 0.29) is 10.3 Å². The van der Waals surface area contributed by atoms with Crippen LogP contribution in [0.2, 0.25) is 0 Å². The molecule has 1 atom stereocenters. The van der Waals surface area contributed by atoms with Crippen molar-refractivity contribution in [1.82, 2.24) is 9.55 Å². The molecule has 0 amide bonds. The van der Waals surface area contributed by atoms with Crippen molar-refractivity contribution in [3.05, 3.63) is 48.0 Å². The SMILES string of the molecule is CC#Cc1cncc(-n2ccc(C3(C)CC4(COC4)SC(N)=N3)c2)c1. The van der Waals surface area contributed by atoms with Crippen molar-refractivity contribution in [3.63, 3.8) is 0 Å². The summed E-state index contributed by atoms with van der Waals surface area (Å²) in [6, 6.07) is 4.14. The van der Waals surface area contributed by atoms with Crippen molar-refractivity contribution >= 4 is 16.9 Å². The molecule has 25 heavy (non-hydrogen) atoms. The topological polar surface area (TPSA) is 65.4 Å². The molecule has 2 aliphatic rings. The molecule has 1 unspecified atom stereocenters. The van der Waals surface area contributed by atoms with Crippen LogP contribution in [-0.2, 0) is 10.3 Å². The predicted octanol–water partition coefficient (Wildman–Crippen LogP) is 2.68. The fraction of sp³-hybridized carbons (Fsp3) is 0.368. The van der Waals surface area contributed by atoms with E-state index in [1.165, 1.54) is 0 Å². The van der Waals surface area contributed by atoms with E-state index in [0.717, 1.165) is 36.4 Å². The summed E-state index contributed by atoms with van der Waals surface area (Å²) in [4.78, 5) is 9.05. The van der Waals surface area contributed by atoms with Gasteiger partial charge in [0, 0.05) is 24.2 Å². The van der Waals surface area contributed by atoms with Crippen molar-refractivity contribution in [1.29, 1.82) is 0 Å². The van der Waals surface area contributed by atoms with Crippen molar-refractivity contribution in [3.8, 4) is 17.5 Å². The zero-order valence-corrected chi connectivity index (χ0v) is 15.1. The van der Waals surface area contributed by atoms with E-state index in [1.54, 1.807) is 18.0 Å². The molecule has 0 aromatic carbocycles. The Hall–Kier alpha value is -2.23. The Kier molecular flexibility index (Phi) is 3.86. The molecule has 0 bridgehead atoms. The number of hydrogen-bond donors (Lipinski definition) is 1. The lowest BCUT2D eigenvalue weighted by molar-refractivity contribution is -0.0209. The summed E-state index contributed by atoms with van der Waals surface area (Å²) >= 11 is 1.65. The zero-order chi connectivity index (χ0) is 17.5. The van der Waals surface area contributed by atoms with E-state index >= 15 is 0 Å². The van der Waals surface area contributed by atoms with Crippen LogP contribution in [0.1, 0.15) is 31.4 Å². The van der Waals surface area contributed by atoms with Crippen LogP contribution in [0.25, 0.3) is 5.69 Å². The lowest BCUT2D eigenvalue weighted by Gasteiger charge is -2.47. The second kappa shape index (κ2) is 5.94. The molecular weight excluding hydrogens is 332 g/mol. The minimum absolute atomic E-state index is 0.0703. The first kappa shape index (κ1) is 16.2. The van der Waals surface area contributed by atoms with E-state index in [0.29, 0.717) is 5.17 Å². The van der Waals surface area contributed by atoms with Gasteiger partial charge >= 0.3 is 0 Å². The molecular formula is C19H20N4OS. The smallest absolute Gasteiger partial charge is 0.155 e. The lowest BCUT2D eigenvalue weighted by Crippen LogP contribution is -2.54. The molecule has 0 saturated carbocycles. The molecule has 1 spiro atoms. The third kappa shape index (κ3) is 2.94. The van der Waals surface area contributed by atoms with Crippen LogP contribution in [0.5, 0.6) is 0 Å². The summed E-state index contributed by atoms with van der Waals surface area (Å²) in [6.45, 7) is 5.46. The quantitative estimate of drug-likeness (QED) is 0.844. The average molecular weight is 352 g/mol. The van der Waals surface area contributed by atoms with Crippen molar-refractivity contribution in [2.24, 2.45) is 10.7 Å². The van der Waals surface area contributed by atoms with Crippen LogP contribution in [0.4, 0.5) is 0 Å². The molecule has 2 aliphatic heterocycles. The molecule has 2 N–H and O–H groups in total. The van der Waals surface area contributed by atoms with E-state index < -0.39 is 0 Å². The van der Waals surface area contributed by atoms with Gasteiger partial charge in [0.25, 0.3) is 0 Å². The maximum absolute atomic E-state index is 6.13. The predicted molar refractivity (Wildman–Crippen MR) is 101 cm³/mol. The molecule has 2 aromatic rings. The lowest BCUT2D eigenvalue weighted by atomic mass is 9.83. The Balaban J connectivity index is 1.67. The number of aromatic nitrogens is 2. The molecule has 128 valence electrons. The average Bonchev–Trinajstić information content (AvgIpc) is 3.04. The highest BCUT2D eigenvalue weighted by Gasteiger charge is 2.49. The highest BCUT2D eigenvalue weighted by atomic mass is 32.2. The number of pyridine rings is 1. The Labute approximate surface area is 151 Å². The molecule has 6 heteroatoms. The number of nitrogens with two attached hydrogens (primary N) is 1. The molecule has 0 radical (unpaired) electrons. The number of thioether (sulfide) groups is 1. The van der Waals surface area contributed by atoms with Gasteiger partial charge in [0.1, 0.15) is 0 Å². The second-order valence-corrected chi connectivity index (χ2v) is 8.28. The van der Waals surface area contributed by atoms with Gasteiger partial charge in [-0.15, -0.1) is 5.92 Å². The number of rotatable bonds is 2. The third-order valence-corrected chi connectivity index (χ3v) is 5.79. The zero-order valence-electron chi connectivity index (χ0n) is 14.3. The summed E-state index contributed by atoms with van der Waals surface area (Å²) in [5.74, 6) is 5.95. The van der Waals surface area contributed by atoms with Crippen LogP contribution in [0.15, 0.2) is 41.9 Å². The van der Waals surface area contributed by atoms with Gasteiger partial charge < -0.3 is 15.0 Å². The first-order chi connectivity index (χ1) is 12.0. The molecule has 1 saturated heterocycles. The van der Waals surface area contributed by atoms with Crippen LogP contribution in [-0.4, -0.2) is 32.7 Å². The van der Waals surface area contributed by atoms with Gasteiger partial charge in [0.15, 0.2) is 5.17 Å². The van der Waals surface area contributed by atoms with E-state index in [9.17, 15) is 0 Å². The molecule has 0 aliphatic carbocycles. The van der Waals surface area contributed by atoms with Gasteiger partial charge in [-0.1, -0.05) is 17.7 Å². The van der Waals surface area contributed by atoms with Crippen LogP contribution in [0, 0.1) is 11.8 Å². The van der Waals surface area contributed by atoms with Crippen LogP contribution in [0.3, 0.4) is 0 Å². The van der Waals surface area contributed by atoms with Gasteiger partial charge in [-0.2, -0.15) is 0 Å². The summed E-state index contributed by atoms with van der Waals surface area (Å²) in [5.41, 5.74) is 8.83. The highest BCUT2D eigenvalue weighted by molar-refractivity contribution is 8.15. The fourth-order valence-electron chi connectivity index (χ4n) is 3.51.